The number of aromatic nitrogens is 2. The van der Waals surface area contributed by atoms with Gasteiger partial charge in [0.15, 0.2) is 0 Å². The number of para-hydroxylation sites is 1. The molecule has 0 aliphatic carbocycles. The molecule has 0 aliphatic rings. The smallest absolute Gasteiger partial charge is 0.324 e. The minimum absolute atomic E-state index is 0.294. The molecule has 3 rings (SSSR count). The van der Waals surface area contributed by atoms with Gasteiger partial charge in [-0.15, -0.1) is 0 Å². The topological polar surface area (TPSA) is 59.0 Å². The normalized spacial score (nSPS) is 10.6. The van der Waals surface area contributed by atoms with Crippen LogP contribution in [0.1, 0.15) is 12.6 Å². The summed E-state index contributed by atoms with van der Waals surface area (Å²) in [7, 11) is 0. The van der Waals surface area contributed by atoms with Gasteiger partial charge in [-0.05, 0) is 32.0 Å². The van der Waals surface area contributed by atoms with Gasteiger partial charge in [0, 0.05) is 23.8 Å². The number of fused-ring (bicyclic) bond motifs is 1. The average Bonchev–Trinajstić information content (AvgIpc) is 2.85. The van der Waals surface area contributed by atoms with Crippen molar-refractivity contribution in [1.29, 1.82) is 0 Å². The van der Waals surface area contributed by atoms with Gasteiger partial charge >= 0.3 is 6.03 Å². The molecule has 0 aliphatic heterocycles. The van der Waals surface area contributed by atoms with Crippen molar-refractivity contribution < 1.29 is 4.79 Å². The summed E-state index contributed by atoms with van der Waals surface area (Å²) in [5, 5.41) is 6.67. The van der Waals surface area contributed by atoms with E-state index in [9.17, 15) is 4.79 Å². The molecule has 22 heavy (non-hydrogen) atoms. The lowest BCUT2D eigenvalue weighted by Crippen LogP contribution is -2.20. The minimum Gasteiger partial charge on any atom is -0.346 e. The monoisotopic (exact) mass is 294 g/mol. The Morgan fingerprint density at radius 2 is 1.95 bits per heavy atom. The first-order valence-electron chi connectivity index (χ1n) is 7.27. The van der Waals surface area contributed by atoms with Crippen LogP contribution in [0, 0.1) is 6.92 Å². The van der Waals surface area contributed by atoms with Crippen molar-refractivity contribution in [2.75, 3.05) is 10.6 Å². The Morgan fingerprint density at radius 3 is 2.73 bits per heavy atom. The van der Waals surface area contributed by atoms with Crippen LogP contribution in [-0.4, -0.2) is 15.6 Å². The van der Waals surface area contributed by atoms with Crippen molar-refractivity contribution in [2.45, 2.75) is 20.4 Å². The van der Waals surface area contributed by atoms with E-state index < -0.39 is 0 Å². The van der Waals surface area contributed by atoms with Crippen LogP contribution in [0.15, 0.2) is 48.7 Å². The first-order chi connectivity index (χ1) is 10.7. The molecule has 0 spiro atoms. The van der Waals surface area contributed by atoms with Gasteiger partial charge in [-0.1, -0.05) is 24.3 Å². The molecule has 0 radical (unpaired) electrons. The highest BCUT2D eigenvalue weighted by Crippen LogP contribution is 2.25. The summed E-state index contributed by atoms with van der Waals surface area (Å²) < 4.78 is 2.11. The van der Waals surface area contributed by atoms with E-state index in [1.807, 2.05) is 49.5 Å². The molecule has 2 aromatic heterocycles. The van der Waals surface area contributed by atoms with Crippen LogP contribution in [0.25, 0.3) is 10.9 Å². The first kappa shape index (κ1) is 14.1. The van der Waals surface area contributed by atoms with E-state index >= 15 is 0 Å². The molecule has 5 nitrogen and oxygen atoms in total. The largest absolute Gasteiger partial charge is 0.346 e. The van der Waals surface area contributed by atoms with Gasteiger partial charge in [0.25, 0.3) is 0 Å². The zero-order chi connectivity index (χ0) is 15.5. The number of nitrogens with one attached hydrogen (secondary N) is 2. The second-order valence-electron chi connectivity index (χ2n) is 5.09. The fraction of sp³-hybridized carbons (Fsp3) is 0.176. The van der Waals surface area contributed by atoms with Crippen molar-refractivity contribution >= 4 is 28.4 Å². The molecule has 1 aromatic carbocycles. The number of hydrogen-bond donors (Lipinski definition) is 2. The zero-order valence-corrected chi connectivity index (χ0v) is 12.6. The number of rotatable bonds is 3. The van der Waals surface area contributed by atoms with Crippen LogP contribution in [0.5, 0.6) is 0 Å². The first-order valence-corrected chi connectivity index (χ1v) is 7.27. The molecule has 3 aromatic rings. The van der Waals surface area contributed by atoms with E-state index in [2.05, 4.69) is 27.1 Å². The third-order valence-electron chi connectivity index (χ3n) is 3.51. The molecule has 0 bridgehead atoms. The lowest BCUT2D eigenvalue weighted by molar-refractivity contribution is 0.262. The summed E-state index contributed by atoms with van der Waals surface area (Å²) in [6, 6.07) is 13.2. The summed E-state index contributed by atoms with van der Waals surface area (Å²) in [6.45, 7) is 4.81. The Bertz CT molecular complexity index is 822. The number of anilines is 2. The molecule has 0 saturated carbocycles. The Kier molecular flexibility index (Phi) is 3.78. The lowest BCUT2D eigenvalue weighted by atomic mass is 10.2. The number of benzene rings is 1. The second-order valence-corrected chi connectivity index (χ2v) is 5.09. The van der Waals surface area contributed by atoms with E-state index in [0.717, 1.165) is 28.8 Å². The van der Waals surface area contributed by atoms with Gasteiger partial charge in [-0.25, -0.2) is 9.78 Å². The summed E-state index contributed by atoms with van der Waals surface area (Å²) in [5.41, 5.74) is 2.76. The number of urea groups is 1. The Morgan fingerprint density at radius 1 is 1.14 bits per heavy atom. The Balaban J connectivity index is 1.82. The van der Waals surface area contributed by atoms with Crippen molar-refractivity contribution in [3.8, 4) is 0 Å². The van der Waals surface area contributed by atoms with Gasteiger partial charge in [0.1, 0.15) is 5.82 Å². The van der Waals surface area contributed by atoms with E-state index in [1.54, 1.807) is 6.07 Å². The molecule has 0 unspecified atom stereocenters. The fourth-order valence-electron chi connectivity index (χ4n) is 2.49. The predicted octanol–water partition coefficient (Wildman–Crippen LogP) is 4.01. The van der Waals surface area contributed by atoms with Crippen LogP contribution in [-0.2, 0) is 6.54 Å². The number of amides is 2. The van der Waals surface area contributed by atoms with Crippen molar-refractivity contribution in [3.05, 3.63) is 54.4 Å². The molecule has 0 atom stereocenters. The number of hydrogen-bond acceptors (Lipinski definition) is 2. The maximum Gasteiger partial charge on any atom is 0.324 e. The standard InChI is InChI=1S/C17H18N4O/c1-3-21-11-14(13-8-4-5-9-15(13)21)19-17(22)20-16-10-6-7-12(2)18-16/h4-11H,3H2,1-2H3,(H2,18,19,20,22). The van der Waals surface area contributed by atoms with Crippen LogP contribution >= 0.6 is 0 Å². The van der Waals surface area contributed by atoms with Crippen LogP contribution < -0.4 is 10.6 Å². The van der Waals surface area contributed by atoms with Crippen molar-refractivity contribution in [1.82, 2.24) is 9.55 Å². The molecule has 0 fully saturated rings. The fourth-order valence-corrected chi connectivity index (χ4v) is 2.49. The van der Waals surface area contributed by atoms with E-state index in [-0.39, 0.29) is 6.03 Å². The van der Waals surface area contributed by atoms with Crippen molar-refractivity contribution in [2.24, 2.45) is 0 Å². The Labute approximate surface area is 129 Å². The number of aryl methyl sites for hydroxylation is 2. The van der Waals surface area contributed by atoms with Gasteiger partial charge in [0.2, 0.25) is 0 Å². The van der Waals surface area contributed by atoms with Crippen LogP contribution in [0.2, 0.25) is 0 Å². The summed E-state index contributed by atoms with van der Waals surface area (Å²) in [5.74, 6) is 0.539. The molecule has 5 heteroatoms. The summed E-state index contributed by atoms with van der Waals surface area (Å²) >= 11 is 0. The molecule has 2 N–H and O–H groups in total. The van der Waals surface area contributed by atoms with E-state index in [4.69, 9.17) is 0 Å². The third kappa shape index (κ3) is 2.79. The molecule has 2 amide bonds. The number of pyridine rings is 1. The van der Waals surface area contributed by atoms with Gasteiger partial charge in [-0.3, -0.25) is 5.32 Å². The quantitative estimate of drug-likeness (QED) is 0.766. The highest BCUT2D eigenvalue weighted by atomic mass is 16.2. The van der Waals surface area contributed by atoms with Gasteiger partial charge in [-0.2, -0.15) is 0 Å². The highest BCUT2D eigenvalue weighted by Gasteiger charge is 2.10. The molecule has 112 valence electrons. The number of carbonyl (C=O) groups excluding carboxylic acids is 1. The maximum atomic E-state index is 12.2. The minimum atomic E-state index is -0.294. The Hall–Kier alpha value is -2.82. The molecular formula is C17H18N4O. The van der Waals surface area contributed by atoms with E-state index in [0.29, 0.717) is 5.82 Å². The summed E-state index contributed by atoms with van der Waals surface area (Å²) in [6.07, 6.45) is 1.95. The molecular weight excluding hydrogens is 276 g/mol. The zero-order valence-electron chi connectivity index (χ0n) is 12.6. The van der Waals surface area contributed by atoms with Crippen molar-refractivity contribution in [3.63, 3.8) is 0 Å². The summed E-state index contributed by atoms with van der Waals surface area (Å²) in [4.78, 5) is 16.4. The molecule has 2 heterocycles. The maximum absolute atomic E-state index is 12.2. The predicted molar refractivity (Wildman–Crippen MR) is 89.2 cm³/mol. The SMILES string of the molecule is CCn1cc(NC(=O)Nc2cccc(C)n2)c2ccccc21. The number of nitrogens with zero attached hydrogens (tertiary/aromatic N) is 2. The van der Waals surface area contributed by atoms with Crippen LogP contribution in [0.4, 0.5) is 16.3 Å². The number of carbonyl (C=O) groups is 1. The highest BCUT2D eigenvalue weighted by molar-refractivity contribution is 6.05. The third-order valence-corrected chi connectivity index (χ3v) is 3.51. The van der Waals surface area contributed by atoms with Gasteiger partial charge in [0.05, 0.1) is 11.2 Å². The average molecular weight is 294 g/mol. The van der Waals surface area contributed by atoms with E-state index in [1.165, 1.54) is 0 Å². The van der Waals surface area contributed by atoms with Crippen LogP contribution in [0.3, 0.4) is 0 Å². The second kappa shape index (κ2) is 5.89. The van der Waals surface area contributed by atoms with Gasteiger partial charge < -0.3 is 9.88 Å². The molecule has 0 saturated heterocycles. The lowest BCUT2D eigenvalue weighted by Gasteiger charge is -2.06.